The number of carbonyl (C=O) groups excluding carboxylic acids is 1. The van der Waals surface area contributed by atoms with Crippen molar-refractivity contribution in [3.8, 4) is 0 Å². The molecule has 4 aromatic rings. The van der Waals surface area contributed by atoms with E-state index < -0.39 is 45.4 Å². The third-order valence-corrected chi connectivity index (χ3v) is 11.7. The summed E-state index contributed by atoms with van der Waals surface area (Å²) < 4.78 is 51.1. The highest BCUT2D eigenvalue weighted by atomic mass is 35.5. The lowest BCUT2D eigenvalue weighted by atomic mass is 9.89. The van der Waals surface area contributed by atoms with E-state index in [0.717, 1.165) is 24.0 Å². The molecule has 1 amide bonds. The summed E-state index contributed by atoms with van der Waals surface area (Å²) in [7, 11) is -3.91. The van der Waals surface area contributed by atoms with Crippen molar-refractivity contribution in [2.45, 2.75) is 61.6 Å². The van der Waals surface area contributed by atoms with Gasteiger partial charge in [0.1, 0.15) is 18.0 Å². The van der Waals surface area contributed by atoms with Crippen molar-refractivity contribution in [3.05, 3.63) is 112 Å². The monoisotopic (exact) mass is 683 g/mol. The van der Waals surface area contributed by atoms with Crippen molar-refractivity contribution in [2.75, 3.05) is 10.8 Å². The number of benzene rings is 3. The number of aromatic amines is 1. The maximum absolute atomic E-state index is 15.4. The first-order chi connectivity index (χ1) is 22.2. The lowest BCUT2D eigenvalue weighted by Gasteiger charge is -2.49. The number of anilines is 1. The summed E-state index contributed by atoms with van der Waals surface area (Å²) in [5, 5.41) is 11.1. The molecule has 4 atom stereocenters. The second-order valence-corrected chi connectivity index (χ2v) is 15.1. The normalized spacial score (nSPS) is 22.5. The van der Waals surface area contributed by atoms with E-state index in [2.05, 4.69) is 15.4 Å². The summed E-state index contributed by atoms with van der Waals surface area (Å²) in [6.07, 6.45) is 2.68. The molecule has 2 aliphatic carbocycles. The third-order valence-electron chi connectivity index (χ3n) is 8.93. The van der Waals surface area contributed by atoms with E-state index in [1.54, 1.807) is 35.4 Å². The van der Waals surface area contributed by atoms with Crippen molar-refractivity contribution < 1.29 is 22.3 Å². The Balaban J connectivity index is 1.37. The number of nitrogens with zero attached hydrogens (tertiary/aromatic N) is 4. The maximum atomic E-state index is 15.4. The molecule has 0 spiro atoms. The molecule has 13 heteroatoms. The highest BCUT2D eigenvalue weighted by molar-refractivity contribution is 7.93. The number of H-pyrrole nitrogens is 1. The molecule has 3 aliphatic rings. The van der Waals surface area contributed by atoms with Crippen molar-refractivity contribution >= 4 is 44.8 Å². The van der Waals surface area contributed by atoms with E-state index in [1.807, 2.05) is 30.3 Å². The molecule has 0 radical (unpaired) electrons. The Bertz CT molecular complexity index is 1820. The van der Waals surface area contributed by atoms with Gasteiger partial charge in [-0.05, 0) is 79.1 Å². The Kier molecular flexibility index (Phi) is 8.52. The summed E-state index contributed by atoms with van der Waals surface area (Å²) in [5.74, 6) is -0.951. The van der Waals surface area contributed by atoms with E-state index in [-0.39, 0.29) is 30.5 Å². The molecule has 3 fully saturated rings. The lowest BCUT2D eigenvalue weighted by molar-refractivity contribution is -0.179. The first kappa shape index (κ1) is 31.1. The van der Waals surface area contributed by atoms with Gasteiger partial charge in [0.25, 0.3) is 5.91 Å². The minimum atomic E-state index is -3.91. The van der Waals surface area contributed by atoms with Gasteiger partial charge in [-0.3, -0.25) is 9.10 Å². The summed E-state index contributed by atoms with van der Waals surface area (Å²) >= 11 is 12.8. The third kappa shape index (κ3) is 6.25. The van der Waals surface area contributed by atoms with Crippen LogP contribution in [0.1, 0.15) is 54.6 Å². The topological polar surface area (TPSA) is 108 Å². The molecular formula is C33H32Cl2FN5O4S. The summed E-state index contributed by atoms with van der Waals surface area (Å²) in [5.41, 5.74) is 2.03. The molecule has 1 aliphatic heterocycles. The van der Waals surface area contributed by atoms with Crippen LogP contribution in [0, 0.1) is 11.7 Å². The number of morpholine rings is 1. The highest BCUT2D eigenvalue weighted by Crippen LogP contribution is 2.49. The van der Waals surface area contributed by atoms with Crippen LogP contribution in [-0.4, -0.2) is 58.6 Å². The molecule has 240 valence electrons. The van der Waals surface area contributed by atoms with E-state index in [1.165, 1.54) is 22.5 Å². The van der Waals surface area contributed by atoms with Gasteiger partial charge in [-0.2, -0.15) is 15.4 Å². The largest absolute Gasteiger partial charge is 0.358 e. The zero-order chi connectivity index (χ0) is 32.0. The number of amides is 1. The number of hydrogen-bond donors (Lipinski definition) is 1. The number of aromatic nitrogens is 3. The van der Waals surface area contributed by atoms with Crippen LogP contribution in [0.15, 0.2) is 79.0 Å². The van der Waals surface area contributed by atoms with Gasteiger partial charge in [0.15, 0.2) is 0 Å². The van der Waals surface area contributed by atoms with Gasteiger partial charge in [0.05, 0.1) is 41.5 Å². The van der Waals surface area contributed by atoms with Crippen molar-refractivity contribution in [3.63, 3.8) is 0 Å². The number of hydrogen-bond acceptors (Lipinski definition) is 6. The van der Waals surface area contributed by atoms with Gasteiger partial charge >= 0.3 is 0 Å². The minimum absolute atomic E-state index is 0.00626. The molecule has 2 saturated carbocycles. The van der Waals surface area contributed by atoms with Gasteiger partial charge in [-0.25, -0.2) is 12.8 Å². The minimum Gasteiger partial charge on any atom is -0.358 e. The van der Waals surface area contributed by atoms with E-state index >= 15 is 4.39 Å². The number of rotatable bonds is 11. The molecule has 0 bridgehead atoms. The number of para-hydroxylation sites is 1. The quantitative estimate of drug-likeness (QED) is 0.199. The van der Waals surface area contributed by atoms with E-state index in [0.29, 0.717) is 28.6 Å². The van der Waals surface area contributed by atoms with Crippen LogP contribution in [0.3, 0.4) is 0 Å². The Morgan fingerprint density at radius 2 is 1.74 bits per heavy atom. The molecule has 1 N–H and O–H groups in total. The molecule has 7 rings (SSSR count). The van der Waals surface area contributed by atoms with Crippen molar-refractivity contribution in [1.29, 1.82) is 0 Å². The molecular weight excluding hydrogens is 652 g/mol. The van der Waals surface area contributed by atoms with Crippen LogP contribution in [0.2, 0.25) is 10.0 Å². The Hall–Kier alpha value is -3.51. The Morgan fingerprint density at radius 3 is 2.39 bits per heavy atom. The van der Waals surface area contributed by atoms with Gasteiger partial charge in [0, 0.05) is 16.5 Å². The van der Waals surface area contributed by atoms with E-state index in [4.69, 9.17) is 27.9 Å². The predicted molar refractivity (Wildman–Crippen MR) is 172 cm³/mol. The van der Waals surface area contributed by atoms with Gasteiger partial charge < -0.3 is 9.64 Å². The van der Waals surface area contributed by atoms with Crippen LogP contribution in [0.4, 0.5) is 10.1 Å². The van der Waals surface area contributed by atoms with Crippen LogP contribution in [0.5, 0.6) is 0 Å². The molecule has 9 nitrogen and oxygen atoms in total. The molecule has 3 aromatic carbocycles. The second kappa shape index (κ2) is 12.6. The molecule has 1 aromatic heterocycles. The zero-order valence-electron chi connectivity index (χ0n) is 24.7. The van der Waals surface area contributed by atoms with Crippen LogP contribution < -0.4 is 4.31 Å². The predicted octanol–water partition coefficient (Wildman–Crippen LogP) is 6.28. The second-order valence-electron chi connectivity index (χ2n) is 12.1. The lowest BCUT2D eigenvalue weighted by Crippen LogP contribution is -2.59. The molecule has 46 heavy (non-hydrogen) atoms. The first-order valence-electron chi connectivity index (χ1n) is 15.3. The fourth-order valence-corrected chi connectivity index (χ4v) is 8.57. The maximum Gasteiger partial charge on any atom is 0.253 e. The van der Waals surface area contributed by atoms with Gasteiger partial charge in [0.2, 0.25) is 10.0 Å². The summed E-state index contributed by atoms with van der Waals surface area (Å²) in [4.78, 5) is 16.5. The van der Waals surface area contributed by atoms with Crippen molar-refractivity contribution in [2.24, 2.45) is 5.92 Å². The summed E-state index contributed by atoms with van der Waals surface area (Å²) in [6, 6.07) is 19.2. The number of halogens is 3. The number of nitrogens with one attached hydrogen (secondary N) is 1. The average Bonchev–Trinajstić information content (AvgIpc) is 3.98. The van der Waals surface area contributed by atoms with Gasteiger partial charge in [-0.1, -0.05) is 59.6 Å². The molecule has 2 heterocycles. The summed E-state index contributed by atoms with van der Waals surface area (Å²) in [6.45, 7) is -0.0980. The van der Waals surface area contributed by atoms with Crippen molar-refractivity contribution in [1.82, 2.24) is 20.3 Å². The van der Waals surface area contributed by atoms with E-state index in [9.17, 15) is 13.2 Å². The first-order valence-corrected chi connectivity index (χ1v) is 17.6. The zero-order valence-corrected chi connectivity index (χ0v) is 27.0. The SMILES string of the molecule is O=C1[C@@H](Cc2cn[nH]n2)O[C@H](c2cccc(Cl)c2)[C@@H](c2ccc(Cl)cc2)N1[C@H](CN(c1ccccc1F)S(=O)(=O)C1CC1)C1CC1. The fourth-order valence-electron chi connectivity index (χ4n) is 6.37. The number of sulfonamides is 1. The smallest absolute Gasteiger partial charge is 0.253 e. The standard InChI is InChI=1S/C33H32Cl2FN5O4S/c34-23-12-10-21(11-13-23)31-32(22-4-3-5-24(35)16-22)45-30(17-25-18-37-39-38-25)33(42)41(31)29(20-8-9-20)19-40(46(43,44)26-14-15-26)28-7-2-1-6-27(28)36/h1-7,10-13,16,18,20,26,29-32H,8-9,14-15,17,19H2,(H,37,38,39)/t29-,30-,31-,32-/m1/s1. The van der Waals surface area contributed by atoms with Gasteiger partial charge in [-0.15, -0.1) is 0 Å². The fraction of sp³-hybridized carbons (Fsp3) is 0.364. The van der Waals surface area contributed by atoms with Crippen LogP contribution in [-0.2, 0) is 26.0 Å². The average molecular weight is 685 g/mol. The molecule has 0 unspecified atom stereocenters. The number of carbonyl (C=O) groups is 1. The Labute approximate surface area is 276 Å². The van der Waals surface area contributed by atoms with Crippen LogP contribution in [0.25, 0.3) is 0 Å². The number of ether oxygens (including phenoxy) is 1. The van der Waals surface area contributed by atoms with Crippen LogP contribution >= 0.6 is 23.2 Å². The highest BCUT2D eigenvalue weighted by Gasteiger charge is 2.52. The molecule has 1 saturated heterocycles. The Morgan fingerprint density at radius 1 is 0.978 bits per heavy atom.